The molecule has 23 heavy (non-hydrogen) atoms. The monoisotopic (exact) mass is 302 g/mol. The van der Waals surface area contributed by atoms with Gasteiger partial charge in [-0.3, -0.25) is 0 Å². The second-order valence-corrected chi connectivity index (χ2v) is 5.07. The van der Waals surface area contributed by atoms with Gasteiger partial charge in [0.05, 0.1) is 0 Å². The summed E-state index contributed by atoms with van der Waals surface area (Å²) in [7, 11) is 0. The zero-order valence-electron chi connectivity index (χ0n) is 14.5. The van der Waals surface area contributed by atoms with Crippen molar-refractivity contribution in [2.45, 2.75) is 20.8 Å². The third-order valence-corrected chi connectivity index (χ3v) is 3.71. The maximum Gasteiger partial charge on any atom is -0.0103 e. The van der Waals surface area contributed by atoms with Crippen LogP contribution in [0.1, 0.15) is 36.1 Å². The smallest absolute Gasteiger partial charge is 0.0103 e. The van der Waals surface area contributed by atoms with Crippen LogP contribution in [0.15, 0.2) is 56.2 Å². The fraction of sp³-hybridized carbons (Fsp3) is 0.130. The first kappa shape index (κ1) is 18.4. The minimum absolute atomic E-state index is 1.14. The summed E-state index contributed by atoms with van der Waals surface area (Å²) < 4.78 is 0. The molecule has 0 nitrogen and oxygen atoms in total. The third kappa shape index (κ3) is 4.20. The van der Waals surface area contributed by atoms with E-state index in [0.29, 0.717) is 0 Å². The van der Waals surface area contributed by atoms with Crippen molar-refractivity contribution in [1.82, 2.24) is 0 Å². The molecule has 0 bridgehead atoms. The summed E-state index contributed by atoms with van der Waals surface area (Å²) in [6.45, 7) is 17.8. The van der Waals surface area contributed by atoms with Gasteiger partial charge in [-0.15, -0.1) is 0 Å². The topological polar surface area (TPSA) is 0 Å². The van der Waals surface area contributed by atoms with E-state index in [4.69, 9.17) is 0 Å². The summed E-state index contributed by atoms with van der Waals surface area (Å²) in [5.74, 6) is 0. The molecule has 1 aromatic carbocycles. The van der Waals surface area contributed by atoms with Crippen LogP contribution in [0.2, 0.25) is 0 Å². The van der Waals surface area contributed by atoms with E-state index in [1.807, 2.05) is 31.2 Å². The van der Waals surface area contributed by atoms with Crippen LogP contribution in [0.3, 0.4) is 0 Å². The van der Waals surface area contributed by atoms with Crippen LogP contribution in [0.25, 0.3) is 30.4 Å². The molecule has 118 valence electrons. The second kappa shape index (κ2) is 9.42. The lowest BCUT2D eigenvalue weighted by Gasteiger charge is -2.13. The summed E-state index contributed by atoms with van der Waals surface area (Å²) >= 11 is 0. The number of benzene rings is 1. The molecule has 0 heterocycles. The van der Waals surface area contributed by atoms with Crippen molar-refractivity contribution in [1.29, 1.82) is 0 Å². The molecule has 0 unspecified atom stereocenters. The van der Waals surface area contributed by atoms with Gasteiger partial charge < -0.3 is 0 Å². The van der Waals surface area contributed by atoms with Gasteiger partial charge in [0.1, 0.15) is 0 Å². The van der Waals surface area contributed by atoms with E-state index in [1.165, 1.54) is 27.1 Å². The minimum Gasteiger partial charge on any atom is -0.0991 e. The molecule has 0 N–H and O–H groups in total. The van der Waals surface area contributed by atoms with Crippen LogP contribution >= 0.6 is 0 Å². The Morgan fingerprint density at radius 2 is 1.35 bits per heavy atom. The van der Waals surface area contributed by atoms with Crippen molar-refractivity contribution in [3.63, 3.8) is 0 Å². The molecular weight excluding hydrogens is 276 g/mol. The summed E-state index contributed by atoms with van der Waals surface area (Å²) in [6.07, 6.45) is 22.1. The fourth-order valence-corrected chi connectivity index (χ4v) is 2.65. The van der Waals surface area contributed by atoms with Gasteiger partial charge in [-0.2, -0.15) is 0 Å². The minimum atomic E-state index is 1.14. The average Bonchev–Trinajstić information content (AvgIpc) is 2.57. The van der Waals surface area contributed by atoms with Gasteiger partial charge >= 0.3 is 0 Å². The molecular formula is C23H26. The predicted molar refractivity (Wildman–Crippen MR) is 108 cm³/mol. The Balaban J connectivity index is 4.12. The zero-order chi connectivity index (χ0) is 17.2. The molecule has 0 spiro atoms. The van der Waals surface area contributed by atoms with Crippen molar-refractivity contribution in [2.75, 3.05) is 0 Å². The molecule has 1 aromatic rings. The quantitative estimate of drug-likeness (QED) is 0.634. The van der Waals surface area contributed by atoms with Gasteiger partial charge in [-0.25, -0.2) is 0 Å². The number of allylic oxidation sites excluding steroid dienone is 6. The van der Waals surface area contributed by atoms with Crippen LogP contribution < -0.4 is 10.4 Å². The van der Waals surface area contributed by atoms with Crippen molar-refractivity contribution >= 4 is 30.4 Å². The van der Waals surface area contributed by atoms with Gasteiger partial charge in [0.2, 0.25) is 0 Å². The highest BCUT2D eigenvalue weighted by atomic mass is 14.1. The van der Waals surface area contributed by atoms with E-state index in [2.05, 4.69) is 64.0 Å². The average molecular weight is 302 g/mol. The number of hydrogen-bond donors (Lipinski definition) is 0. The van der Waals surface area contributed by atoms with E-state index in [9.17, 15) is 0 Å². The van der Waals surface area contributed by atoms with E-state index < -0.39 is 0 Å². The maximum atomic E-state index is 4.02. The Morgan fingerprint density at radius 1 is 0.739 bits per heavy atom. The molecule has 0 aliphatic carbocycles. The Bertz CT molecular complexity index is 794. The normalized spacial score (nSPS) is 13.5. The molecule has 0 aliphatic heterocycles. The van der Waals surface area contributed by atoms with Crippen LogP contribution in [-0.4, -0.2) is 0 Å². The first-order valence-electron chi connectivity index (χ1n) is 7.82. The van der Waals surface area contributed by atoms with Crippen molar-refractivity contribution < 1.29 is 0 Å². The van der Waals surface area contributed by atoms with Crippen LogP contribution in [0.4, 0.5) is 0 Å². The summed E-state index contributed by atoms with van der Waals surface area (Å²) in [4.78, 5) is 0. The number of hydrogen-bond acceptors (Lipinski definition) is 0. The van der Waals surface area contributed by atoms with Gasteiger partial charge in [0, 0.05) is 0 Å². The highest BCUT2D eigenvalue weighted by molar-refractivity contribution is 5.75. The van der Waals surface area contributed by atoms with Crippen LogP contribution in [-0.2, 0) is 0 Å². The lowest BCUT2D eigenvalue weighted by molar-refractivity contribution is 1.33. The standard InChI is InChI=1S/C23H26/c1-7-12-15-21-18(6)22(16-13-8-2)20(11-5)23(17-14-9-3)19(21)10-4/h7-17H,1-2,4H2,3,5-6H3/b14-9-,15-12-,16-13-,20-11-,23-17-. The number of rotatable bonds is 6. The molecule has 0 saturated carbocycles. The SMILES string of the molecule is C=C/C=C\c1c(C)c(/C=C\C=C)c(=C/C)/c(=C\C=C/C)c1C=C. The van der Waals surface area contributed by atoms with Crippen molar-refractivity contribution in [3.8, 4) is 0 Å². The molecule has 0 fully saturated rings. The highest BCUT2D eigenvalue weighted by Crippen LogP contribution is 2.17. The van der Waals surface area contributed by atoms with Crippen molar-refractivity contribution in [2.24, 2.45) is 0 Å². The first-order valence-corrected chi connectivity index (χ1v) is 7.82. The van der Waals surface area contributed by atoms with E-state index in [0.717, 1.165) is 5.56 Å². The second-order valence-electron chi connectivity index (χ2n) is 5.07. The summed E-state index contributed by atoms with van der Waals surface area (Å²) in [5, 5.41) is 2.39. The van der Waals surface area contributed by atoms with Gasteiger partial charge in [0.25, 0.3) is 0 Å². The Kier molecular flexibility index (Phi) is 7.56. The Hall–Kier alpha value is -2.60. The van der Waals surface area contributed by atoms with Gasteiger partial charge in [-0.1, -0.05) is 86.6 Å². The van der Waals surface area contributed by atoms with Crippen LogP contribution in [0, 0.1) is 6.92 Å². The molecule has 0 radical (unpaired) electrons. The van der Waals surface area contributed by atoms with Gasteiger partial charge in [0.15, 0.2) is 0 Å². The predicted octanol–water partition coefficient (Wildman–Crippen LogP) is 5.19. The Labute approximate surface area is 140 Å². The first-order chi connectivity index (χ1) is 11.2. The zero-order valence-corrected chi connectivity index (χ0v) is 14.5. The van der Waals surface area contributed by atoms with E-state index in [1.54, 1.807) is 12.2 Å². The lowest BCUT2D eigenvalue weighted by atomic mass is 9.91. The van der Waals surface area contributed by atoms with Crippen LogP contribution in [0.5, 0.6) is 0 Å². The molecule has 0 saturated heterocycles. The molecule has 0 amide bonds. The lowest BCUT2D eigenvalue weighted by Crippen LogP contribution is -2.32. The van der Waals surface area contributed by atoms with E-state index >= 15 is 0 Å². The largest absolute Gasteiger partial charge is 0.0991 e. The molecule has 0 atom stereocenters. The maximum absolute atomic E-state index is 4.02. The summed E-state index contributed by atoms with van der Waals surface area (Å²) in [6, 6.07) is 0. The Morgan fingerprint density at radius 3 is 1.83 bits per heavy atom. The summed E-state index contributed by atoms with van der Waals surface area (Å²) in [5.41, 5.74) is 4.74. The third-order valence-electron chi connectivity index (χ3n) is 3.71. The fourth-order valence-electron chi connectivity index (χ4n) is 2.65. The molecule has 1 rings (SSSR count). The molecule has 0 aliphatic rings. The molecule has 0 aromatic heterocycles. The van der Waals surface area contributed by atoms with Crippen molar-refractivity contribution in [3.05, 3.63) is 88.9 Å². The highest BCUT2D eigenvalue weighted by Gasteiger charge is 2.09. The molecule has 0 heteroatoms. The van der Waals surface area contributed by atoms with E-state index in [-0.39, 0.29) is 0 Å². The van der Waals surface area contributed by atoms with Gasteiger partial charge in [-0.05, 0) is 53.5 Å².